The second-order valence-corrected chi connectivity index (χ2v) is 4.21. The van der Waals surface area contributed by atoms with Gasteiger partial charge in [0.25, 0.3) is 5.91 Å². The first-order valence-corrected chi connectivity index (χ1v) is 5.75. The Morgan fingerprint density at radius 3 is 2.37 bits per heavy atom. The monoisotopic (exact) mass is 268 g/mol. The summed E-state index contributed by atoms with van der Waals surface area (Å²) in [7, 11) is 0. The molecular formula is C12H18N3O4+. The van der Waals surface area contributed by atoms with E-state index in [4.69, 9.17) is 15.9 Å². The van der Waals surface area contributed by atoms with Crippen LogP contribution in [0.1, 0.15) is 5.56 Å². The van der Waals surface area contributed by atoms with E-state index in [0.29, 0.717) is 6.42 Å². The van der Waals surface area contributed by atoms with Gasteiger partial charge in [0.1, 0.15) is 11.8 Å². The normalized spacial score (nSPS) is 13.6. The fourth-order valence-electron chi connectivity index (χ4n) is 1.51. The van der Waals surface area contributed by atoms with Crippen LogP contribution in [0.15, 0.2) is 24.3 Å². The molecule has 0 unspecified atom stereocenters. The van der Waals surface area contributed by atoms with Crippen molar-refractivity contribution in [2.75, 3.05) is 6.61 Å². The first-order valence-electron chi connectivity index (χ1n) is 5.75. The molecule has 8 N–H and O–H groups in total. The number of carbonyl (C=O) groups is 2. The third-order valence-corrected chi connectivity index (χ3v) is 2.63. The summed E-state index contributed by atoms with van der Waals surface area (Å²) in [5.41, 5.74) is 9.52. The van der Waals surface area contributed by atoms with Crippen molar-refractivity contribution in [1.82, 2.24) is 5.32 Å². The summed E-state index contributed by atoms with van der Waals surface area (Å²) < 4.78 is 0. The molecule has 0 aliphatic heterocycles. The van der Waals surface area contributed by atoms with Crippen molar-refractivity contribution in [3.05, 3.63) is 29.8 Å². The van der Waals surface area contributed by atoms with E-state index in [1.807, 2.05) is 0 Å². The molecule has 2 atom stereocenters. The number of carbonyl (C=O) groups excluding carboxylic acids is 2. The molecule has 0 saturated heterocycles. The number of rotatable bonds is 6. The number of nitrogens with one attached hydrogen (secondary N) is 1. The number of amides is 2. The number of primary amides is 1. The molecule has 2 amide bonds. The molecule has 104 valence electrons. The van der Waals surface area contributed by atoms with Gasteiger partial charge in [0.05, 0.1) is 6.61 Å². The van der Waals surface area contributed by atoms with Crippen LogP contribution >= 0.6 is 0 Å². The van der Waals surface area contributed by atoms with Gasteiger partial charge < -0.3 is 27.0 Å². The van der Waals surface area contributed by atoms with E-state index in [-0.39, 0.29) is 5.75 Å². The number of phenolic OH excluding ortho intramolecular Hbond substituents is 1. The summed E-state index contributed by atoms with van der Waals surface area (Å²) in [5, 5.41) is 20.3. The van der Waals surface area contributed by atoms with Crippen LogP contribution in [-0.2, 0) is 16.0 Å². The van der Waals surface area contributed by atoms with E-state index in [9.17, 15) is 9.59 Å². The van der Waals surface area contributed by atoms with Crippen molar-refractivity contribution < 1.29 is 25.5 Å². The minimum atomic E-state index is -1.10. The van der Waals surface area contributed by atoms with Crippen molar-refractivity contribution >= 4 is 11.8 Å². The molecular weight excluding hydrogens is 250 g/mol. The maximum atomic E-state index is 11.7. The molecule has 0 spiro atoms. The number of benzene rings is 1. The Morgan fingerprint density at radius 1 is 1.32 bits per heavy atom. The summed E-state index contributed by atoms with van der Waals surface area (Å²) in [6, 6.07) is 4.66. The number of aromatic hydroxyl groups is 1. The van der Waals surface area contributed by atoms with E-state index in [1.165, 1.54) is 12.1 Å². The lowest BCUT2D eigenvalue weighted by Gasteiger charge is -2.14. The van der Waals surface area contributed by atoms with Crippen molar-refractivity contribution in [2.45, 2.75) is 18.5 Å². The van der Waals surface area contributed by atoms with Gasteiger partial charge >= 0.3 is 0 Å². The lowest BCUT2D eigenvalue weighted by Crippen LogP contribution is -2.69. The Hall–Kier alpha value is -2.12. The van der Waals surface area contributed by atoms with E-state index in [1.54, 1.807) is 12.1 Å². The van der Waals surface area contributed by atoms with E-state index < -0.39 is 30.5 Å². The molecule has 0 bridgehead atoms. The average molecular weight is 268 g/mol. The lowest BCUT2D eigenvalue weighted by atomic mass is 10.1. The Labute approximate surface area is 110 Å². The fourth-order valence-corrected chi connectivity index (χ4v) is 1.51. The summed E-state index contributed by atoms with van der Waals surface area (Å²) >= 11 is 0. The Morgan fingerprint density at radius 2 is 1.89 bits per heavy atom. The Balaban J connectivity index is 2.57. The topological polar surface area (TPSA) is 140 Å². The highest BCUT2D eigenvalue weighted by Gasteiger charge is 2.23. The fraction of sp³-hybridized carbons (Fsp3) is 0.333. The number of aliphatic hydroxyl groups excluding tert-OH is 1. The van der Waals surface area contributed by atoms with Gasteiger partial charge in [-0.1, -0.05) is 12.1 Å². The second kappa shape index (κ2) is 6.72. The van der Waals surface area contributed by atoms with Gasteiger partial charge in [0.2, 0.25) is 5.91 Å². The van der Waals surface area contributed by atoms with Crippen molar-refractivity contribution in [1.29, 1.82) is 0 Å². The number of aliphatic hydroxyl groups is 1. The van der Waals surface area contributed by atoms with Crippen LogP contribution in [0.25, 0.3) is 0 Å². The highest BCUT2D eigenvalue weighted by atomic mass is 16.3. The summed E-state index contributed by atoms with van der Waals surface area (Å²) in [4.78, 5) is 22.6. The molecule has 1 aromatic carbocycles. The number of quaternary nitrogens is 1. The van der Waals surface area contributed by atoms with Gasteiger partial charge in [-0.05, 0) is 17.7 Å². The SMILES string of the molecule is NC(=O)[C@H](CO)NC(=O)[C@@H]([NH3+])Cc1ccc(O)cc1. The summed E-state index contributed by atoms with van der Waals surface area (Å²) in [6.45, 7) is -0.549. The Kier molecular flexibility index (Phi) is 5.28. The standard InChI is InChI=1S/C12H17N3O4/c13-9(5-7-1-3-8(17)4-2-7)12(19)15-10(6-16)11(14)18/h1-4,9-10,16-17H,5-6,13H2,(H2,14,18)(H,15,19)/p+1/t9-,10-/m0/s1. The predicted octanol–water partition coefficient (Wildman–Crippen LogP) is -2.49. The van der Waals surface area contributed by atoms with Gasteiger partial charge in [0.15, 0.2) is 6.04 Å². The Bertz CT molecular complexity index is 447. The number of hydrogen-bond acceptors (Lipinski definition) is 4. The summed E-state index contributed by atoms with van der Waals surface area (Å²) in [6.07, 6.45) is 0.350. The smallest absolute Gasteiger partial charge is 0.279 e. The zero-order valence-corrected chi connectivity index (χ0v) is 10.4. The van der Waals surface area contributed by atoms with Gasteiger partial charge in [0, 0.05) is 6.42 Å². The molecule has 19 heavy (non-hydrogen) atoms. The van der Waals surface area contributed by atoms with Crippen LogP contribution in [0, 0.1) is 0 Å². The average Bonchev–Trinajstić information content (AvgIpc) is 2.37. The largest absolute Gasteiger partial charge is 0.508 e. The molecule has 1 aromatic rings. The van der Waals surface area contributed by atoms with Crippen molar-refractivity contribution in [2.24, 2.45) is 5.73 Å². The molecule has 1 rings (SSSR count). The first kappa shape index (κ1) is 14.9. The van der Waals surface area contributed by atoms with Gasteiger partial charge in [-0.15, -0.1) is 0 Å². The first-order chi connectivity index (χ1) is 8.93. The van der Waals surface area contributed by atoms with Crippen LogP contribution in [0.5, 0.6) is 5.75 Å². The van der Waals surface area contributed by atoms with Crippen molar-refractivity contribution in [3.63, 3.8) is 0 Å². The molecule has 7 nitrogen and oxygen atoms in total. The highest BCUT2D eigenvalue weighted by Crippen LogP contribution is 2.10. The van der Waals surface area contributed by atoms with Crippen LogP contribution < -0.4 is 16.8 Å². The minimum absolute atomic E-state index is 0.142. The molecule has 0 aliphatic carbocycles. The number of phenols is 1. The number of hydrogen-bond donors (Lipinski definition) is 5. The quantitative estimate of drug-likeness (QED) is 0.389. The zero-order valence-electron chi connectivity index (χ0n) is 10.4. The third-order valence-electron chi connectivity index (χ3n) is 2.63. The van der Waals surface area contributed by atoms with E-state index in [0.717, 1.165) is 5.56 Å². The summed E-state index contributed by atoms with van der Waals surface area (Å²) in [5.74, 6) is -1.12. The van der Waals surface area contributed by atoms with Gasteiger partial charge in [-0.3, -0.25) is 9.59 Å². The number of nitrogens with two attached hydrogens (primary N) is 1. The minimum Gasteiger partial charge on any atom is -0.508 e. The molecule has 0 heterocycles. The van der Waals surface area contributed by atoms with Crippen LogP contribution in [0.4, 0.5) is 0 Å². The van der Waals surface area contributed by atoms with Crippen LogP contribution in [0.2, 0.25) is 0 Å². The second-order valence-electron chi connectivity index (χ2n) is 4.21. The van der Waals surface area contributed by atoms with E-state index >= 15 is 0 Å². The lowest BCUT2D eigenvalue weighted by molar-refractivity contribution is -0.403. The molecule has 0 aliphatic rings. The highest BCUT2D eigenvalue weighted by molar-refractivity contribution is 5.88. The van der Waals surface area contributed by atoms with Gasteiger partial charge in [-0.25, -0.2) is 0 Å². The van der Waals surface area contributed by atoms with Gasteiger partial charge in [-0.2, -0.15) is 0 Å². The molecule has 0 radical (unpaired) electrons. The maximum Gasteiger partial charge on any atom is 0.279 e. The van der Waals surface area contributed by atoms with E-state index in [2.05, 4.69) is 11.1 Å². The maximum absolute atomic E-state index is 11.7. The molecule has 0 saturated carbocycles. The van der Waals surface area contributed by atoms with Crippen LogP contribution in [0.3, 0.4) is 0 Å². The predicted molar refractivity (Wildman–Crippen MR) is 66.7 cm³/mol. The van der Waals surface area contributed by atoms with Crippen molar-refractivity contribution in [3.8, 4) is 5.75 Å². The third kappa shape index (κ3) is 4.57. The van der Waals surface area contributed by atoms with Crippen LogP contribution in [-0.4, -0.2) is 40.7 Å². The molecule has 7 heteroatoms. The molecule has 0 aromatic heterocycles. The molecule has 0 fully saturated rings. The zero-order chi connectivity index (χ0) is 14.4.